The highest BCUT2D eigenvalue weighted by molar-refractivity contribution is 5.69. The fourth-order valence-corrected chi connectivity index (χ4v) is 1.93. The van der Waals surface area contributed by atoms with E-state index in [1.807, 2.05) is 26.0 Å². The summed E-state index contributed by atoms with van der Waals surface area (Å²) in [4.78, 5) is 0. The first-order valence-corrected chi connectivity index (χ1v) is 6.66. The Morgan fingerprint density at radius 1 is 0.944 bits per heavy atom. The van der Waals surface area contributed by atoms with E-state index in [1.165, 1.54) is 22.3 Å². The van der Waals surface area contributed by atoms with E-state index in [2.05, 4.69) is 44.2 Å². The lowest BCUT2D eigenvalue weighted by atomic mass is 9.99. The third-order valence-corrected chi connectivity index (χ3v) is 2.92. The molecule has 0 bridgehead atoms. The van der Waals surface area contributed by atoms with E-state index in [-0.39, 0.29) is 0 Å². The number of rotatable bonds is 2. The van der Waals surface area contributed by atoms with Gasteiger partial charge in [-0.2, -0.15) is 0 Å². The number of hydrogen-bond acceptors (Lipinski definition) is 1. The van der Waals surface area contributed by atoms with Crippen LogP contribution in [0.4, 0.5) is 5.69 Å². The lowest BCUT2D eigenvalue weighted by Crippen LogP contribution is -1.89. The molecule has 2 N–H and O–H groups in total. The van der Waals surface area contributed by atoms with Gasteiger partial charge in [-0.15, -0.1) is 0 Å². The van der Waals surface area contributed by atoms with Gasteiger partial charge in [-0.3, -0.25) is 0 Å². The van der Waals surface area contributed by atoms with E-state index < -0.39 is 0 Å². The van der Waals surface area contributed by atoms with Crippen molar-refractivity contribution in [1.29, 1.82) is 0 Å². The first-order chi connectivity index (χ1) is 8.70. The van der Waals surface area contributed by atoms with Gasteiger partial charge >= 0.3 is 0 Å². The van der Waals surface area contributed by atoms with Gasteiger partial charge in [0.25, 0.3) is 0 Å². The van der Waals surface area contributed by atoms with Gasteiger partial charge in [0.2, 0.25) is 0 Å². The first-order valence-electron chi connectivity index (χ1n) is 6.66. The molecule has 1 heteroatoms. The number of benzene rings is 2. The molecule has 0 aliphatic rings. The Morgan fingerprint density at radius 2 is 1.56 bits per heavy atom. The lowest BCUT2D eigenvalue weighted by Gasteiger charge is -2.07. The van der Waals surface area contributed by atoms with E-state index in [0.29, 0.717) is 0 Å². The predicted octanol–water partition coefficient (Wildman–Crippen LogP) is 4.83. The fraction of sp³-hybridized carbons (Fsp3) is 0.294. The van der Waals surface area contributed by atoms with Crippen molar-refractivity contribution >= 4 is 5.69 Å². The van der Waals surface area contributed by atoms with Gasteiger partial charge in [0, 0.05) is 5.69 Å². The van der Waals surface area contributed by atoms with Crippen molar-refractivity contribution in [3.8, 4) is 11.1 Å². The summed E-state index contributed by atoms with van der Waals surface area (Å²) >= 11 is 0. The van der Waals surface area contributed by atoms with Crippen LogP contribution in [0.15, 0.2) is 42.5 Å². The zero-order valence-electron chi connectivity index (χ0n) is 11.8. The topological polar surface area (TPSA) is 26.0 Å². The number of hydrogen-bond donors (Lipinski definition) is 1. The van der Waals surface area contributed by atoms with Gasteiger partial charge in [-0.05, 0) is 47.7 Å². The molecule has 0 spiro atoms. The molecule has 0 aromatic heterocycles. The average molecular weight is 241 g/mol. The van der Waals surface area contributed by atoms with Gasteiger partial charge in [0.15, 0.2) is 0 Å². The minimum Gasteiger partial charge on any atom is -0.399 e. The molecule has 2 rings (SSSR count). The van der Waals surface area contributed by atoms with Crippen LogP contribution in [-0.4, -0.2) is 0 Å². The molecule has 0 fully saturated rings. The van der Waals surface area contributed by atoms with Crippen LogP contribution in [0.25, 0.3) is 11.1 Å². The molecule has 0 radical (unpaired) electrons. The van der Waals surface area contributed by atoms with Crippen molar-refractivity contribution in [2.75, 3.05) is 5.73 Å². The summed E-state index contributed by atoms with van der Waals surface area (Å²) in [6.45, 7) is 8.27. The normalized spacial score (nSPS) is 9.56. The van der Waals surface area contributed by atoms with Gasteiger partial charge in [0.05, 0.1) is 0 Å². The molecular formula is C17H23N. The summed E-state index contributed by atoms with van der Waals surface area (Å²) in [6.07, 6.45) is 1.08. The monoisotopic (exact) mass is 241 g/mol. The molecule has 1 nitrogen and oxygen atoms in total. The summed E-state index contributed by atoms with van der Waals surface area (Å²) in [5.41, 5.74) is 11.7. The Kier molecular flexibility index (Phi) is 5.44. The molecular weight excluding hydrogens is 218 g/mol. The van der Waals surface area contributed by atoms with Crippen LogP contribution in [0.5, 0.6) is 0 Å². The Labute approximate surface area is 111 Å². The largest absolute Gasteiger partial charge is 0.399 e. The molecule has 0 amide bonds. The molecule has 0 aliphatic carbocycles. The van der Waals surface area contributed by atoms with Gasteiger partial charge in [-0.1, -0.05) is 51.1 Å². The summed E-state index contributed by atoms with van der Waals surface area (Å²) in [7, 11) is 0. The summed E-state index contributed by atoms with van der Waals surface area (Å²) in [5, 5.41) is 0. The van der Waals surface area contributed by atoms with E-state index in [9.17, 15) is 0 Å². The molecule has 0 heterocycles. The summed E-state index contributed by atoms with van der Waals surface area (Å²) in [6, 6.07) is 14.8. The fourth-order valence-electron chi connectivity index (χ4n) is 1.93. The van der Waals surface area contributed by atoms with Crippen molar-refractivity contribution in [3.05, 3.63) is 53.6 Å². The maximum atomic E-state index is 5.75. The van der Waals surface area contributed by atoms with Crippen LogP contribution in [0, 0.1) is 6.92 Å². The minimum atomic E-state index is 0.825. The number of nitrogen functional groups attached to an aromatic ring is 1. The summed E-state index contributed by atoms with van der Waals surface area (Å²) in [5.74, 6) is 0. The zero-order valence-corrected chi connectivity index (χ0v) is 11.8. The van der Waals surface area contributed by atoms with Gasteiger partial charge in [-0.25, -0.2) is 0 Å². The second-order valence-electron chi connectivity index (χ2n) is 4.12. The number of aryl methyl sites for hydroxylation is 2. The van der Waals surface area contributed by atoms with Crippen LogP contribution in [0.1, 0.15) is 31.9 Å². The number of anilines is 1. The Morgan fingerprint density at radius 3 is 2.06 bits per heavy atom. The second-order valence-corrected chi connectivity index (χ2v) is 4.12. The molecule has 18 heavy (non-hydrogen) atoms. The van der Waals surface area contributed by atoms with Gasteiger partial charge in [0.1, 0.15) is 0 Å². The van der Waals surface area contributed by atoms with Crippen molar-refractivity contribution in [3.63, 3.8) is 0 Å². The van der Waals surface area contributed by atoms with Crippen LogP contribution >= 0.6 is 0 Å². The van der Waals surface area contributed by atoms with Crippen molar-refractivity contribution in [1.82, 2.24) is 0 Å². The number of nitrogens with two attached hydrogens (primary N) is 1. The van der Waals surface area contributed by atoms with Crippen molar-refractivity contribution in [2.24, 2.45) is 0 Å². The molecule has 2 aromatic rings. The Balaban J connectivity index is 0.000000771. The molecule has 96 valence electrons. The highest BCUT2D eigenvalue weighted by Crippen LogP contribution is 2.25. The molecule has 0 saturated heterocycles. The SMILES string of the molecule is CC.CCc1ccc(-c2ccc(N)cc2C)cc1. The maximum absolute atomic E-state index is 5.75. The van der Waals surface area contributed by atoms with Crippen LogP contribution in [0.2, 0.25) is 0 Å². The van der Waals surface area contributed by atoms with E-state index in [4.69, 9.17) is 5.73 Å². The smallest absolute Gasteiger partial charge is 0.0317 e. The third-order valence-electron chi connectivity index (χ3n) is 2.92. The van der Waals surface area contributed by atoms with Crippen molar-refractivity contribution in [2.45, 2.75) is 34.1 Å². The van der Waals surface area contributed by atoms with Crippen LogP contribution in [0.3, 0.4) is 0 Å². The van der Waals surface area contributed by atoms with Crippen molar-refractivity contribution < 1.29 is 0 Å². The molecule has 0 unspecified atom stereocenters. The molecule has 0 saturated carbocycles. The lowest BCUT2D eigenvalue weighted by molar-refractivity contribution is 1.14. The zero-order chi connectivity index (χ0) is 13.5. The molecule has 0 atom stereocenters. The maximum Gasteiger partial charge on any atom is 0.0317 e. The average Bonchev–Trinajstić information content (AvgIpc) is 2.41. The van der Waals surface area contributed by atoms with E-state index in [0.717, 1.165) is 12.1 Å². The van der Waals surface area contributed by atoms with Crippen LogP contribution < -0.4 is 5.73 Å². The second kappa shape index (κ2) is 6.85. The quantitative estimate of drug-likeness (QED) is 0.748. The standard InChI is InChI=1S/C15H17N.C2H6/c1-3-12-4-6-13(7-5-12)15-9-8-14(16)10-11(15)2;1-2/h4-10H,3,16H2,1-2H3;1-2H3. The molecule has 0 aliphatic heterocycles. The predicted molar refractivity (Wildman–Crippen MR) is 81.8 cm³/mol. The van der Waals surface area contributed by atoms with E-state index >= 15 is 0 Å². The highest BCUT2D eigenvalue weighted by Gasteiger charge is 2.01. The minimum absolute atomic E-state index is 0.825. The first kappa shape index (κ1) is 14.3. The van der Waals surface area contributed by atoms with E-state index in [1.54, 1.807) is 0 Å². The third kappa shape index (κ3) is 3.36. The van der Waals surface area contributed by atoms with Gasteiger partial charge < -0.3 is 5.73 Å². The van der Waals surface area contributed by atoms with Crippen LogP contribution in [-0.2, 0) is 6.42 Å². The molecule has 2 aromatic carbocycles. The Hall–Kier alpha value is -1.76. The summed E-state index contributed by atoms with van der Waals surface area (Å²) < 4.78 is 0. The highest BCUT2D eigenvalue weighted by atomic mass is 14.5. The Bertz CT molecular complexity index is 483.